The quantitative estimate of drug-likeness (QED) is 0.301. The van der Waals surface area contributed by atoms with E-state index in [0.717, 1.165) is 0 Å². The Morgan fingerprint density at radius 1 is 1.00 bits per heavy atom. The SMILES string of the molecule is Cl.O.O.O=P(O)(O)O.[CaH2].[KH]. The summed E-state index contributed by atoms with van der Waals surface area (Å²) in [6.45, 7) is 0. The molecule has 7 N–H and O–H groups in total. The van der Waals surface area contributed by atoms with Gasteiger partial charge in [-0.1, -0.05) is 0 Å². The minimum atomic E-state index is -4.64. The Labute approximate surface area is 136 Å². The summed E-state index contributed by atoms with van der Waals surface area (Å²) in [7, 11) is -4.64. The molecule has 0 radical (unpaired) electrons. The molecule has 0 atom stereocenters. The van der Waals surface area contributed by atoms with Gasteiger partial charge < -0.3 is 25.6 Å². The second kappa shape index (κ2) is 18.1. The van der Waals surface area contributed by atoms with E-state index in [2.05, 4.69) is 0 Å². The van der Waals surface area contributed by atoms with Crippen molar-refractivity contribution in [3.05, 3.63) is 0 Å². The Kier molecular flexibility index (Phi) is 68.5. The monoisotopic (exact) mass is 252 g/mol. The van der Waals surface area contributed by atoms with Crippen LogP contribution in [0, 0.1) is 0 Å². The van der Waals surface area contributed by atoms with Gasteiger partial charge in [0.15, 0.2) is 0 Å². The molecule has 62 valence electrons. The normalized spacial score (nSPS) is 5.90. The zero-order valence-electron chi connectivity index (χ0n) is 3.61. The molecular formula is H11CaClKO6P. The zero-order chi connectivity index (χ0) is 4.50. The molecule has 0 amide bonds. The fourth-order valence-electron chi connectivity index (χ4n) is 0. The number of hydrogen-bond acceptors (Lipinski definition) is 1. The Morgan fingerprint density at radius 3 is 1.00 bits per heavy atom. The fraction of sp³-hybridized carbons (Fsp3) is 0. The van der Waals surface area contributed by atoms with Crippen molar-refractivity contribution in [2.45, 2.75) is 0 Å². The van der Waals surface area contributed by atoms with Crippen molar-refractivity contribution < 1.29 is 30.2 Å². The van der Waals surface area contributed by atoms with Gasteiger partial charge >= 0.3 is 96.9 Å². The van der Waals surface area contributed by atoms with Gasteiger partial charge in [0, 0.05) is 0 Å². The molecule has 0 bridgehead atoms. The van der Waals surface area contributed by atoms with E-state index in [9.17, 15) is 0 Å². The maximum absolute atomic E-state index is 8.88. The van der Waals surface area contributed by atoms with Crippen LogP contribution in [0.2, 0.25) is 0 Å². The molecule has 0 aliphatic carbocycles. The molecule has 0 rings (SSSR count). The molecule has 0 heterocycles. The van der Waals surface area contributed by atoms with Gasteiger partial charge in [-0.25, -0.2) is 4.57 Å². The third kappa shape index (κ3) is 113. The number of hydrogen-bond donors (Lipinski definition) is 3. The van der Waals surface area contributed by atoms with Crippen LogP contribution in [0.1, 0.15) is 0 Å². The first kappa shape index (κ1) is 37.9. The minimum absolute atomic E-state index is 0. The van der Waals surface area contributed by atoms with Crippen molar-refractivity contribution in [2.75, 3.05) is 0 Å². The van der Waals surface area contributed by atoms with E-state index in [0.29, 0.717) is 0 Å². The van der Waals surface area contributed by atoms with Gasteiger partial charge in [-0.2, -0.15) is 0 Å². The van der Waals surface area contributed by atoms with Crippen LogP contribution in [0.25, 0.3) is 0 Å². The molecule has 10 heavy (non-hydrogen) atoms. The first-order valence-corrected chi connectivity index (χ1v) is 2.35. The van der Waals surface area contributed by atoms with E-state index in [-0.39, 0.29) is 112 Å². The summed E-state index contributed by atoms with van der Waals surface area (Å²) in [4.78, 5) is 21.6. The average Bonchev–Trinajstić information content (AvgIpc) is 0.722. The molecule has 0 spiro atoms. The van der Waals surface area contributed by atoms with Crippen LogP contribution in [0.3, 0.4) is 0 Å². The van der Waals surface area contributed by atoms with Gasteiger partial charge in [0.05, 0.1) is 0 Å². The molecule has 0 aromatic carbocycles. The van der Waals surface area contributed by atoms with Gasteiger partial charge in [-0.05, 0) is 0 Å². The summed E-state index contributed by atoms with van der Waals surface area (Å²) in [5, 5.41) is 0. The standard InChI is InChI=1S/Ca.ClH.K.H3O4P.2H2O.3H/c;;;1-5(2,3)4;;;;;/h;1H;;(H3,1,2,3,4);2*1H2;;;. The first-order chi connectivity index (χ1) is 2.00. The Hall–Kier alpha value is 3.22. The van der Waals surface area contributed by atoms with Gasteiger partial charge in [0.2, 0.25) is 0 Å². The predicted molar refractivity (Wildman–Crippen MR) is 44.4 cm³/mol. The number of rotatable bonds is 0. The summed E-state index contributed by atoms with van der Waals surface area (Å²) in [5.41, 5.74) is 0. The van der Waals surface area contributed by atoms with Gasteiger partial charge in [0.25, 0.3) is 0 Å². The van der Waals surface area contributed by atoms with Crippen LogP contribution >= 0.6 is 20.2 Å². The van der Waals surface area contributed by atoms with E-state index >= 15 is 0 Å². The molecule has 0 aliphatic heterocycles. The van der Waals surface area contributed by atoms with Gasteiger partial charge in [-0.3, -0.25) is 0 Å². The molecule has 0 fully saturated rings. The predicted octanol–water partition coefficient (Wildman–Crippen LogP) is -3.72. The Morgan fingerprint density at radius 2 is 1.00 bits per heavy atom. The second-order valence-electron chi connectivity index (χ2n) is 0.513. The van der Waals surface area contributed by atoms with Crippen molar-refractivity contribution in [1.29, 1.82) is 0 Å². The molecular weight excluding hydrogens is 242 g/mol. The maximum atomic E-state index is 8.88. The molecule has 0 aromatic rings. The summed E-state index contributed by atoms with van der Waals surface area (Å²) in [5.74, 6) is 0. The molecule has 6 nitrogen and oxygen atoms in total. The Bertz CT molecular complexity index is 63.9. The van der Waals surface area contributed by atoms with Crippen molar-refractivity contribution >= 4 is 109 Å². The van der Waals surface area contributed by atoms with Crippen LogP contribution in [-0.2, 0) is 4.57 Å². The van der Waals surface area contributed by atoms with Crippen molar-refractivity contribution in [1.82, 2.24) is 0 Å². The van der Waals surface area contributed by atoms with Crippen molar-refractivity contribution in [3.8, 4) is 0 Å². The van der Waals surface area contributed by atoms with Crippen LogP contribution in [0.4, 0.5) is 0 Å². The van der Waals surface area contributed by atoms with Gasteiger partial charge in [0.1, 0.15) is 0 Å². The van der Waals surface area contributed by atoms with Crippen molar-refractivity contribution in [3.63, 3.8) is 0 Å². The molecule has 10 heteroatoms. The van der Waals surface area contributed by atoms with E-state index in [1.54, 1.807) is 0 Å². The third-order valence-electron chi connectivity index (χ3n) is 0. The zero-order valence-corrected chi connectivity index (χ0v) is 5.32. The van der Waals surface area contributed by atoms with Crippen LogP contribution in [-0.4, -0.2) is 115 Å². The van der Waals surface area contributed by atoms with Crippen LogP contribution in [0.5, 0.6) is 0 Å². The van der Waals surface area contributed by atoms with E-state index in [1.165, 1.54) is 0 Å². The number of phosphoric acid groups is 1. The molecule has 0 unspecified atom stereocenters. The van der Waals surface area contributed by atoms with Crippen molar-refractivity contribution in [2.24, 2.45) is 0 Å². The molecule has 0 aromatic heterocycles. The average molecular weight is 253 g/mol. The molecule has 0 saturated heterocycles. The molecule has 0 aliphatic rings. The fourth-order valence-corrected chi connectivity index (χ4v) is 0. The summed E-state index contributed by atoms with van der Waals surface area (Å²) in [6.07, 6.45) is 0. The van der Waals surface area contributed by atoms with E-state index < -0.39 is 7.82 Å². The first-order valence-electron chi connectivity index (χ1n) is 0.783. The van der Waals surface area contributed by atoms with Gasteiger partial charge in [-0.15, -0.1) is 12.4 Å². The number of halogens is 1. The van der Waals surface area contributed by atoms with E-state index in [1.807, 2.05) is 0 Å². The molecule has 0 saturated carbocycles. The summed E-state index contributed by atoms with van der Waals surface area (Å²) < 4.78 is 8.88. The second-order valence-corrected chi connectivity index (χ2v) is 1.54. The topological polar surface area (TPSA) is 141 Å². The van der Waals surface area contributed by atoms with Crippen LogP contribution in [0.15, 0.2) is 0 Å². The van der Waals surface area contributed by atoms with E-state index in [4.69, 9.17) is 19.2 Å². The Balaban J connectivity index is -0.00000000800. The summed E-state index contributed by atoms with van der Waals surface area (Å²) in [6, 6.07) is 0. The van der Waals surface area contributed by atoms with Crippen LogP contribution < -0.4 is 0 Å². The summed E-state index contributed by atoms with van der Waals surface area (Å²) >= 11 is 0. The third-order valence-corrected chi connectivity index (χ3v) is 0.